The van der Waals surface area contributed by atoms with Crippen LogP contribution in [0.3, 0.4) is 0 Å². The number of halogens is 1. The number of aliphatic hydroxyl groups excluding tert-OH is 1. The third kappa shape index (κ3) is 5.48. The average molecular weight is 479 g/mol. The van der Waals surface area contributed by atoms with Gasteiger partial charge in [-0.1, -0.05) is 57.2 Å². The lowest BCUT2D eigenvalue weighted by Crippen LogP contribution is -2.57. The molecule has 0 unspecified atom stereocenters. The van der Waals surface area contributed by atoms with Gasteiger partial charge in [0.1, 0.15) is 0 Å². The van der Waals surface area contributed by atoms with Gasteiger partial charge in [0.05, 0.1) is 17.6 Å². The molecule has 32 heavy (non-hydrogen) atoms. The van der Waals surface area contributed by atoms with E-state index in [1.807, 2.05) is 24.3 Å². The molecule has 1 saturated carbocycles. The molecule has 2 aromatic carbocycles. The first kappa shape index (κ1) is 25.0. The van der Waals surface area contributed by atoms with Crippen molar-refractivity contribution in [3.05, 3.63) is 65.2 Å². The van der Waals surface area contributed by atoms with Gasteiger partial charge in [-0.05, 0) is 53.5 Å². The maximum absolute atomic E-state index is 12.7. The molecule has 1 heterocycles. The van der Waals surface area contributed by atoms with Gasteiger partial charge in [-0.3, -0.25) is 0 Å². The van der Waals surface area contributed by atoms with Gasteiger partial charge in [-0.25, -0.2) is 8.42 Å². The highest BCUT2D eigenvalue weighted by molar-refractivity contribution is 7.91. The second-order valence-electron chi connectivity index (χ2n) is 10.4. The third-order valence-electron chi connectivity index (χ3n) is 6.77. The third-order valence-corrected chi connectivity index (χ3v) is 8.57. The van der Waals surface area contributed by atoms with Gasteiger partial charge in [0.2, 0.25) is 0 Å². The lowest BCUT2D eigenvalue weighted by molar-refractivity contribution is 0.0720. The molecule has 0 bridgehead atoms. The molecular formula is C25H35ClN2O3S. The maximum atomic E-state index is 12.7. The highest BCUT2D eigenvalue weighted by Gasteiger charge is 2.49. The number of nitrogens with one attached hydrogen (secondary N) is 1. The summed E-state index contributed by atoms with van der Waals surface area (Å²) in [7, 11) is -3.25. The summed E-state index contributed by atoms with van der Waals surface area (Å²) in [5, 5.41) is 14.7. The molecule has 1 aliphatic heterocycles. The van der Waals surface area contributed by atoms with Crippen LogP contribution in [-0.2, 0) is 27.2 Å². The van der Waals surface area contributed by atoms with E-state index in [1.165, 1.54) is 11.1 Å². The van der Waals surface area contributed by atoms with Gasteiger partial charge >= 0.3 is 0 Å². The normalized spacial score (nSPS) is 26.2. The van der Waals surface area contributed by atoms with Crippen molar-refractivity contribution in [2.45, 2.75) is 63.1 Å². The molecule has 4 N–H and O–H groups in total. The van der Waals surface area contributed by atoms with Crippen molar-refractivity contribution in [2.24, 2.45) is 5.92 Å². The van der Waals surface area contributed by atoms with Crippen molar-refractivity contribution in [1.82, 2.24) is 5.32 Å². The van der Waals surface area contributed by atoms with E-state index in [4.69, 9.17) is 5.73 Å². The summed E-state index contributed by atoms with van der Waals surface area (Å²) < 4.78 is 25.4. The van der Waals surface area contributed by atoms with Crippen molar-refractivity contribution in [3.63, 3.8) is 0 Å². The Morgan fingerprint density at radius 1 is 1.09 bits per heavy atom. The van der Waals surface area contributed by atoms with Crippen LogP contribution in [-0.4, -0.2) is 37.2 Å². The standard InChI is InChI=1S/C25H34N2O3S.ClH/c1-24(2,3)19-5-4-6-20(14-19)25(11-12-25)27-22-16-31(29,30)15-18(23(22)28)13-17-7-9-21(26)10-8-17;/h4-10,14,18,22-23,27-28H,11-13,15-16,26H2,1-3H3;1H/t18-,22+,23+;/m1./s1. The van der Waals surface area contributed by atoms with Gasteiger partial charge in [-0.15, -0.1) is 12.4 Å². The van der Waals surface area contributed by atoms with Crippen LogP contribution >= 0.6 is 12.4 Å². The number of nitrogen functional groups attached to an aromatic ring is 1. The molecule has 0 aromatic heterocycles. The Labute approximate surface area is 198 Å². The van der Waals surface area contributed by atoms with E-state index in [1.54, 1.807) is 0 Å². The van der Waals surface area contributed by atoms with Crippen LogP contribution in [0, 0.1) is 5.92 Å². The van der Waals surface area contributed by atoms with Crippen LogP contribution in [0.4, 0.5) is 5.69 Å². The lowest BCUT2D eigenvalue weighted by Gasteiger charge is -2.38. The maximum Gasteiger partial charge on any atom is 0.152 e. The van der Waals surface area contributed by atoms with Gasteiger partial charge in [-0.2, -0.15) is 0 Å². The SMILES string of the molecule is CC(C)(C)c1cccc(C2(N[C@H]3CS(=O)(=O)C[C@@H](Cc4ccc(N)cc4)[C@@H]3O)CC2)c1.Cl. The molecule has 2 aromatic rings. The van der Waals surface area contributed by atoms with E-state index in [2.05, 4.69) is 50.4 Å². The smallest absolute Gasteiger partial charge is 0.152 e. The Balaban J connectivity index is 0.00000289. The first-order valence-corrected chi connectivity index (χ1v) is 12.9. The summed E-state index contributed by atoms with van der Waals surface area (Å²) in [6, 6.07) is 15.5. The van der Waals surface area contributed by atoms with Crippen molar-refractivity contribution in [1.29, 1.82) is 0 Å². The fourth-order valence-electron chi connectivity index (χ4n) is 4.74. The van der Waals surface area contributed by atoms with E-state index in [9.17, 15) is 13.5 Å². The van der Waals surface area contributed by atoms with Crippen LogP contribution < -0.4 is 11.1 Å². The number of rotatable bonds is 5. The Bertz CT molecular complexity index is 1040. The second-order valence-corrected chi connectivity index (χ2v) is 12.6. The Morgan fingerprint density at radius 2 is 1.75 bits per heavy atom. The van der Waals surface area contributed by atoms with Crippen molar-refractivity contribution < 1.29 is 13.5 Å². The summed E-state index contributed by atoms with van der Waals surface area (Å²) in [4.78, 5) is 0. The van der Waals surface area contributed by atoms with E-state index in [0.29, 0.717) is 12.1 Å². The monoisotopic (exact) mass is 478 g/mol. The number of hydrogen-bond acceptors (Lipinski definition) is 5. The average Bonchev–Trinajstić information content (AvgIpc) is 3.47. The first-order valence-electron chi connectivity index (χ1n) is 11.1. The Hall–Kier alpha value is -1.60. The minimum Gasteiger partial charge on any atom is -0.399 e. The Morgan fingerprint density at radius 3 is 2.34 bits per heavy atom. The lowest BCUT2D eigenvalue weighted by atomic mass is 9.85. The Kier molecular flexibility index (Phi) is 7.02. The number of benzene rings is 2. The molecule has 0 radical (unpaired) electrons. The van der Waals surface area contributed by atoms with Crippen LogP contribution in [0.5, 0.6) is 0 Å². The number of hydrogen-bond donors (Lipinski definition) is 3. The minimum atomic E-state index is -3.25. The summed E-state index contributed by atoms with van der Waals surface area (Å²) in [6.07, 6.45) is 1.70. The van der Waals surface area contributed by atoms with Crippen molar-refractivity contribution in [2.75, 3.05) is 17.2 Å². The number of nitrogens with two attached hydrogens (primary N) is 1. The van der Waals surface area contributed by atoms with Crippen LogP contribution in [0.25, 0.3) is 0 Å². The molecule has 0 amide bonds. The quantitative estimate of drug-likeness (QED) is 0.571. The predicted octanol–water partition coefficient (Wildman–Crippen LogP) is 3.58. The van der Waals surface area contributed by atoms with Gasteiger partial charge in [0.15, 0.2) is 9.84 Å². The molecule has 0 spiro atoms. The van der Waals surface area contributed by atoms with E-state index in [0.717, 1.165) is 18.4 Å². The minimum absolute atomic E-state index is 0. The fraction of sp³-hybridized carbons (Fsp3) is 0.520. The summed E-state index contributed by atoms with van der Waals surface area (Å²) in [5.41, 5.74) is 9.68. The van der Waals surface area contributed by atoms with Crippen LogP contribution in [0.1, 0.15) is 50.3 Å². The molecule has 1 saturated heterocycles. The highest BCUT2D eigenvalue weighted by atomic mass is 35.5. The molecule has 2 aliphatic rings. The highest BCUT2D eigenvalue weighted by Crippen LogP contribution is 2.47. The zero-order chi connectivity index (χ0) is 22.4. The summed E-state index contributed by atoms with van der Waals surface area (Å²) >= 11 is 0. The molecular weight excluding hydrogens is 444 g/mol. The molecule has 1 aliphatic carbocycles. The zero-order valence-corrected chi connectivity index (χ0v) is 20.7. The summed E-state index contributed by atoms with van der Waals surface area (Å²) in [6.45, 7) is 6.58. The van der Waals surface area contributed by atoms with Gasteiger partial charge < -0.3 is 16.2 Å². The number of anilines is 1. The molecule has 2 fully saturated rings. The summed E-state index contributed by atoms with van der Waals surface area (Å²) in [5.74, 6) is -0.340. The molecule has 7 heteroatoms. The molecule has 176 valence electrons. The second kappa shape index (κ2) is 8.98. The largest absolute Gasteiger partial charge is 0.399 e. The number of sulfone groups is 1. The van der Waals surface area contributed by atoms with Crippen LogP contribution in [0.15, 0.2) is 48.5 Å². The van der Waals surface area contributed by atoms with E-state index < -0.39 is 22.0 Å². The molecule has 3 atom stereocenters. The topological polar surface area (TPSA) is 92.4 Å². The van der Waals surface area contributed by atoms with Crippen molar-refractivity contribution in [3.8, 4) is 0 Å². The fourth-order valence-corrected chi connectivity index (χ4v) is 6.67. The zero-order valence-electron chi connectivity index (χ0n) is 19.0. The first-order chi connectivity index (χ1) is 14.5. The molecule has 5 nitrogen and oxygen atoms in total. The van der Waals surface area contributed by atoms with E-state index >= 15 is 0 Å². The molecule has 4 rings (SSSR count). The number of aliphatic hydroxyl groups is 1. The van der Waals surface area contributed by atoms with E-state index in [-0.39, 0.29) is 40.8 Å². The van der Waals surface area contributed by atoms with Gasteiger partial charge in [0, 0.05) is 23.2 Å². The van der Waals surface area contributed by atoms with Crippen LogP contribution in [0.2, 0.25) is 0 Å². The predicted molar refractivity (Wildman–Crippen MR) is 133 cm³/mol. The van der Waals surface area contributed by atoms with Crippen molar-refractivity contribution >= 4 is 27.9 Å². The van der Waals surface area contributed by atoms with Gasteiger partial charge in [0.25, 0.3) is 0 Å².